The summed E-state index contributed by atoms with van der Waals surface area (Å²) in [5.74, 6) is -0.200. The molecule has 0 saturated heterocycles. The molecule has 90 valence electrons. The second-order valence-corrected chi connectivity index (χ2v) is 4.87. The third-order valence-electron chi connectivity index (χ3n) is 2.31. The number of carbonyl (C=O) groups is 1. The van der Waals surface area contributed by atoms with Gasteiger partial charge in [-0.05, 0) is 28.7 Å². The third kappa shape index (κ3) is 2.84. The molecule has 0 unspecified atom stereocenters. The number of halogens is 1. The van der Waals surface area contributed by atoms with E-state index < -0.39 is 5.97 Å². The number of aryl methyl sites for hydroxylation is 3. The van der Waals surface area contributed by atoms with Crippen molar-refractivity contribution in [2.24, 2.45) is 7.05 Å². The molecule has 0 spiro atoms. The van der Waals surface area contributed by atoms with Crippen molar-refractivity contribution in [2.45, 2.75) is 13.0 Å². The number of aromatic carboxylic acids is 1. The van der Waals surface area contributed by atoms with Crippen LogP contribution in [-0.4, -0.2) is 30.4 Å². The molecule has 2 aromatic heterocycles. The first kappa shape index (κ1) is 12.1. The van der Waals surface area contributed by atoms with Crippen LogP contribution in [0.2, 0.25) is 0 Å². The molecule has 0 aliphatic carbocycles. The van der Waals surface area contributed by atoms with Gasteiger partial charge in [0.15, 0.2) is 5.82 Å². The second kappa shape index (κ2) is 4.86. The fourth-order valence-electron chi connectivity index (χ4n) is 1.56. The Bertz CT molecular complexity index is 546. The van der Waals surface area contributed by atoms with Crippen LogP contribution >= 0.6 is 22.6 Å². The molecule has 1 N–H and O–H groups in total. The first-order valence-corrected chi connectivity index (χ1v) is 6.07. The van der Waals surface area contributed by atoms with Gasteiger partial charge in [-0.25, -0.2) is 9.78 Å². The zero-order chi connectivity index (χ0) is 12.4. The molecule has 7 heteroatoms. The highest BCUT2D eigenvalue weighted by atomic mass is 127. The summed E-state index contributed by atoms with van der Waals surface area (Å²) < 4.78 is 4.25. The second-order valence-electron chi connectivity index (χ2n) is 3.63. The van der Waals surface area contributed by atoms with Gasteiger partial charge in [-0.1, -0.05) is 0 Å². The van der Waals surface area contributed by atoms with E-state index in [1.165, 1.54) is 0 Å². The van der Waals surface area contributed by atoms with Crippen LogP contribution in [0.25, 0.3) is 0 Å². The SMILES string of the molecule is Cn1cnc(CCn2cc(I)cc2C(=O)O)n1. The van der Waals surface area contributed by atoms with Gasteiger partial charge in [-0.3, -0.25) is 4.68 Å². The maximum absolute atomic E-state index is 11.0. The molecule has 0 aliphatic heterocycles. The lowest BCUT2D eigenvalue weighted by Gasteiger charge is -2.03. The van der Waals surface area contributed by atoms with Gasteiger partial charge in [-0.2, -0.15) is 5.10 Å². The maximum Gasteiger partial charge on any atom is 0.352 e. The molecule has 0 amide bonds. The van der Waals surface area contributed by atoms with Crippen molar-refractivity contribution < 1.29 is 9.90 Å². The lowest BCUT2D eigenvalue weighted by Crippen LogP contribution is -2.09. The number of hydrogen-bond donors (Lipinski definition) is 1. The summed E-state index contributed by atoms with van der Waals surface area (Å²) in [5.41, 5.74) is 0.297. The van der Waals surface area contributed by atoms with E-state index in [2.05, 4.69) is 32.7 Å². The summed E-state index contributed by atoms with van der Waals surface area (Å²) in [7, 11) is 1.80. The number of carboxylic acids is 1. The third-order valence-corrected chi connectivity index (χ3v) is 2.90. The zero-order valence-corrected chi connectivity index (χ0v) is 11.3. The van der Waals surface area contributed by atoms with Gasteiger partial charge in [0, 0.05) is 29.8 Å². The van der Waals surface area contributed by atoms with Crippen molar-refractivity contribution >= 4 is 28.6 Å². The molecule has 2 rings (SSSR count). The summed E-state index contributed by atoms with van der Waals surface area (Å²) in [4.78, 5) is 15.1. The normalized spacial score (nSPS) is 10.7. The van der Waals surface area contributed by atoms with Crippen molar-refractivity contribution in [1.29, 1.82) is 0 Å². The summed E-state index contributed by atoms with van der Waals surface area (Å²) in [5, 5.41) is 13.2. The molecule has 0 aromatic carbocycles. The van der Waals surface area contributed by atoms with E-state index in [1.807, 2.05) is 6.20 Å². The van der Waals surface area contributed by atoms with Gasteiger partial charge in [0.1, 0.15) is 12.0 Å². The number of aromatic nitrogens is 4. The maximum atomic E-state index is 11.0. The molecular formula is C10H11IN4O2. The Hall–Kier alpha value is -1.38. The van der Waals surface area contributed by atoms with Crippen LogP contribution in [0.15, 0.2) is 18.6 Å². The highest BCUT2D eigenvalue weighted by Gasteiger charge is 2.11. The minimum absolute atomic E-state index is 0.297. The van der Waals surface area contributed by atoms with E-state index in [0.29, 0.717) is 24.5 Å². The van der Waals surface area contributed by atoms with Crippen molar-refractivity contribution in [3.8, 4) is 0 Å². The van der Waals surface area contributed by atoms with E-state index in [-0.39, 0.29) is 0 Å². The van der Waals surface area contributed by atoms with Gasteiger partial charge < -0.3 is 9.67 Å². The summed E-state index contributed by atoms with van der Waals surface area (Å²) in [6.45, 7) is 0.564. The molecule has 0 radical (unpaired) electrons. The standard InChI is InChI=1S/C10H11IN4O2/c1-14-6-12-9(13-14)2-3-15-5-7(11)4-8(15)10(16)17/h4-6H,2-3H2,1H3,(H,16,17). The molecule has 6 nitrogen and oxygen atoms in total. The van der Waals surface area contributed by atoms with Gasteiger partial charge in [-0.15, -0.1) is 0 Å². The Morgan fingerprint density at radius 1 is 1.59 bits per heavy atom. The fraction of sp³-hybridized carbons (Fsp3) is 0.300. The molecular weight excluding hydrogens is 335 g/mol. The number of nitrogens with zero attached hydrogens (tertiary/aromatic N) is 4. The molecule has 0 saturated carbocycles. The molecule has 2 aromatic rings. The first-order chi connectivity index (χ1) is 8.06. The average Bonchev–Trinajstić information content (AvgIpc) is 2.82. The highest BCUT2D eigenvalue weighted by Crippen LogP contribution is 2.12. The van der Waals surface area contributed by atoms with Crippen LogP contribution in [0.3, 0.4) is 0 Å². The largest absolute Gasteiger partial charge is 0.477 e. The van der Waals surface area contributed by atoms with Gasteiger partial charge in [0.2, 0.25) is 0 Å². The fourth-order valence-corrected chi connectivity index (χ4v) is 2.19. The monoisotopic (exact) mass is 346 g/mol. The molecule has 0 atom stereocenters. The minimum Gasteiger partial charge on any atom is -0.477 e. The quantitative estimate of drug-likeness (QED) is 0.844. The first-order valence-electron chi connectivity index (χ1n) is 5.00. The van der Waals surface area contributed by atoms with Crippen molar-refractivity contribution in [2.75, 3.05) is 0 Å². The summed E-state index contributed by atoms with van der Waals surface area (Å²) in [6.07, 6.45) is 4.06. The Morgan fingerprint density at radius 2 is 2.35 bits per heavy atom. The van der Waals surface area contributed by atoms with Crippen molar-refractivity contribution in [3.63, 3.8) is 0 Å². The molecule has 0 fully saturated rings. The summed E-state index contributed by atoms with van der Waals surface area (Å²) >= 11 is 2.10. The Kier molecular flexibility index (Phi) is 3.46. The van der Waals surface area contributed by atoms with E-state index in [1.54, 1.807) is 28.7 Å². The highest BCUT2D eigenvalue weighted by molar-refractivity contribution is 14.1. The Morgan fingerprint density at radius 3 is 2.94 bits per heavy atom. The molecule has 2 heterocycles. The lowest BCUT2D eigenvalue weighted by atomic mass is 10.4. The topological polar surface area (TPSA) is 72.9 Å². The number of rotatable bonds is 4. The zero-order valence-electron chi connectivity index (χ0n) is 9.17. The minimum atomic E-state index is -0.915. The van der Waals surface area contributed by atoms with Gasteiger partial charge >= 0.3 is 5.97 Å². The van der Waals surface area contributed by atoms with Crippen LogP contribution in [0.5, 0.6) is 0 Å². The van der Waals surface area contributed by atoms with Crippen LogP contribution < -0.4 is 0 Å². The van der Waals surface area contributed by atoms with E-state index >= 15 is 0 Å². The van der Waals surface area contributed by atoms with Crippen molar-refractivity contribution in [1.82, 2.24) is 19.3 Å². The van der Waals surface area contributed by atoms with Crippen LogP contribution in [-0.2, 0) is 20.0 Å². The number of hydrogen-bond acceptors (Lipinski definition) is 3. The van der Waals surface area contributed by atoms with Gasteiger partial charge in [0.25, 0.3) is 0 Å². The molecule has 0 bridgehead atoms. The number of carboxylic acid groups (broad SMARTS) is 1. The Balaban J connectivity index is 2.11. The summed E-state index contributed by atoms with van der Waals surface area (Å²) in [6, 6.07) is 1.65. The predicted octanol–water partition coefficient (Wildman–Crippen LogP) is 1.16. The predicted molar refractivity (Wildman–Crippen MR) is 68.8 cm³/mol. The van der Waals surface area contributed by atoms with Crippen LogP contribution in [0.1, 0.15) is 16.3 Å². The van der Waals surface area contributed by atoms with E-state index in [4.69, 9.17) is 5.11 Å². The molecule has 17 heavy (non-hydrogen) atoms. The average molecular weight is 346 g/mol. The van der Waals surface area contributed by atoms with Crippen molar-refractivity contribution in [3.05, 3.63) is 33.7 Å². The Labute approximate surface area is 111 Å². The molecule has 0 aliphatic rings. The lowest BCUT2D eigenvalue weighted by molar-refractivity contribution is 0.0685. The van der Waals surface area contributed by atoms with E-state index in [0.717, 1.165) is 3.57 Å². The van der Waals surface area contributed by atoms with Crippen LogP contribution in [0, 0.1) is 3.57 Å². The van der Waals surface area contributed by atoms with E-state index in [9.17, 15) is 4.79 Å². The smallest absolute Gasteiger partial charge is 0.352 e. The van der Waals surface area contributed by atoms with Crippen LogP contribution in [0.4, 0.5) is 0 Å². The van der Waals surface area contributed by atoms with Gasteiger partial charge in [0.05, 0.1) is 0 Å².